The van der Waals surface area contributed by atoms with Gasteiger partial charge in [0.25, 0.3) is 0 Å². The van der Waals surface area contributed by atoms with Gasteiger partial charge in [-0.1, -0.05) is 6.92 Å². The van der Waals surface area contributed by atoms with E-state index < -0.39 is 5.60 Å². The first-order chi connectivity index (χ1) is 7.44. The first kappa shape index (κ1) is 12.7. The summed E-state index contributed by atoms with van der Waals surface area (Å²) in [6.45, 7) is 5.79. The third-order valence-electron chi connectivity index (χ3n) is 2.73. The van der Waals surface area contributed by atoms with Crippen molar-refractivity contribution in [3.05, 3.63) is 29.8 Å². The topological polar surface area (TPSA) is 49.3 Å². The zero-order valence-corrected chi connectivity index (χ0v) is 10.1. The molecule has 1 aromatic carbocycles. The van der Waals surface area contributed by atoms with Crippen LogP contribution < -0.4 is 5.32 Å². The van der Waals surface area contributed by atoms with Crippen LogP contribution in [0.3, 0.4) is 0 Å². The van der Waals surface area contributed by atoms with Gasteiger partial charge in [0, 0.05) is 17.8 Å². The van der Waals surface area contributed by atoms with Crippen LogP contribution in [0.2, 0.25) is 0 Å². The minimum Gasteiger partial charge on any atom is -0.388 e. The SMILES string of the molecule is CCC(C)(O)CNc1ccc(C(C)=O)cc1. The third kappa shape index (κ3) is 3.66. The maximum absolute atomic E-state index is 11.1. The van der Waals surface area contributed by atoms with E-state index in [1.165, 1.54) is 0 Å². The highest BCUT2D eigenvalue weighted by Crippen LogP contribution is 2.13. The van der Waals surface area contributed by atoms with Crippen molar-refractivity contribution < 1.29 is 9.90 Å². The second-order valence-corrected chi connectivity index (χ2v) is 4.34. The summed E-state index contributed by atoms with van der Waals surface area (Å²) in [6.07, 6.45) is 0.700. The highest BCUT2D eigenvalue weighted by atomic mass is 16.3. The smallest absolute Gasteiger partial charge is 0.159 e. The lowest BCUT2D eigenvalue weighted by atomic mass is 10.0. The van der Waals surface area contributed by atoms with Gasteiger partial charge in [0.1, 0.15) is 0 Å². The Bertz CT molecular complexity index is 355. The van der Waals surface area contributed by atoms with Crippen LogP contribution in [0, 0.1) is 0 Å². The number of carbonyl (C=O) groups is 1. The molecule has 2 N–H and O–H groups in total. The summed E-state index contributed by atoms with van der Waals surface area (Å²) in [4.78, 5) is 11.1. The maximum atomic E-state index is 11.1. The Morgan fingerprint density at radius 1 is 1.38 bits per heavy atom. The van der Waals surface area contributed by atoms with Gasteiger partial charge in [-0.15, -0.1) is 0 Å². The van der Waals surface area contributed by atoms with E-state index in [4.69, 9.17) is 0 Å². The summed E-state index contributed by atoms with van der Waals surface area (Å²) in [5.41, 5.74) is 0.922. The van der Waals surface area contributed by atoms with Gasteiger partial charge in [0.2, 0.25) is 0 Å². The minimum absolute atomic E-state index is 0.0621. The molecule has 0 radical (unpaired) electrons. The van der Waals surface area contributed by atoms with Gasteiger partial charge in [-0.25, -0.2) is 0 Å². The Kier molecular flexibility index (Phi) is 4.07. The molecular formula is C13H19NO2. The molecule has 88 valence electrons. The molecule has 0 saturated carbocycles. The number of Topliss-reactive ketones (excluding diaryl/α,β-unsaturated/α-hetero) is 1. The van der Waals surface area contributed by atoms with Crippen LogP contribution in [-0.2, 0) is 0 Å². The standard InChI is InChI=1S/C13H19NO2/c1-4-13(3,16)9-14-12-7-5-11(6-8-12)10(2)15/h5-8,14,16H,4,9H2,1-3H3. The van der Waals surface area contributed by atoms with E-state index in [1.807, 2.05) is 19.1 Å². The first-order valence-electron chi connectivity index (χ1n) is 5.52. The van der Waals surface area contributed by atoms with Crippen molar-refractivity contribution in [3.8, 4) is 0 Å². The van der Waals surface area contributed by atoms with Crippen LogP contribution in [-0.4, -0.2) is 23.0 Å². The second-order valence-electron chi connectivity index (χ2n) is 4.34. The Labute approximate surface area is 96.5 Å². The molecule has 3 heteroatoms. The highest BCUT2D eigenvalue weighted by molar-refractivity contribution is 5.94. The molecule has 1 aromatic rings. The van der Waals surface area contributed by atoms with E-state index in [1.54, 1.807) is 26.0 Å². The van der Waals surface area contributed by atoms with Crippen molar-refractivity contribution >= 4 is 11.5 Å². The number of ketones is 1. The molecule has 0 aliphatic rings. The Balaban J connectivity index is 2.59. The monoisotopic (exact) mass is 221 g/mol. The maximum Gasteiger partial charge on any atom is 0.159 e. The molecule has 0 aromatic heterocycles. The summed E-state index contributed by atoms with van der Waals surface area (Å²) in [5, 5.41) is 13.0. The van der Waals surface area contributed by atoms with E-state index in [-0.39, 0.29) is 5.78 Å². The van der Waals surface area contributed by atoms with Gasteiger partial charge < -0.3 is 10.4 Å². The van der Waals surface area contributed by atoms with Crippen molar-refractivity contribution in [1.82, 2.24) is 0 Å². The summed E-state index contributed by atoms with van der Waals surface area (Å²) in [5.74, 6) is 0.0621. The van der Waals surface area contributed by atoms with Gasteiger partial charge in [-0.3, -0.25) is 4.79 Å². The predicted molar refractivity (Wildman–Crippen MR) is 65.9 cm³/mol. The van der Waals surface area contributed by atoms with Crippen molar-refractivity contribution in [2.24, 2.45) is 0 Å². The first-order valence-corrected chi connectivity index (χ1v) is 5.52. The van der Waals surface area contributed by atoms with E-state index in [2.05, 4.69) is 5.32 Å². The van der Waals surface area contributed by atoms with E-state index in [0.29, 0.717) is 18.5 Å². The largest absolute Gasteiger partial charge is 0.388 e. The molecule has 3 nitrogen and oxygen atoms in total. The number of anilines is 1. The molecule has 0 bridgehead atoms. The number of hydrogen-bond donors (Lipinski definition) is 2. The molecule has 1 unspecified atom stereocenters. The van der Waals surface area contributed by atoms with Crippen LogP contribution >= 0.6 is 0 Å². The molecular weight excluding hydrogens is 202 g/mol. The van der Waals surface area contributed by atoms with Crippen LogP contribution in [0.4, 0.5) is 5.69 Å². The minimum atomic E-state index is -0.695. The van der Waals surface area contributed by atoms with Gasteiger partial charge in [-0.2, -0.15) is 0 Å². The zero-order valence-electron chi connectivity index (χ0n) is 10.1. The number of carbonyl (C=O) groups excluding carboxylic acids is 1. The Morgan fingerprint density at radius 2 is 1.94 bits per heavy atom. The van der Waals surface area contributed by atoms with Gasteiger partial charge in [0.15, 0.2) is 5.78 Å². The number of nitrogens with one attached hydrogen (secondary N) is 1. The average Bonchev–Trinajstić information content (AvgIpc) is 2.27. The average molecular weight is 221 g/mol. The number of rotatable bonds is 5. The fourth-order valence-electron chi connectivity index (χ4n) is 1.24. The molecule has 0 aliphatic carbocycles. The second kappa shape index (κ2) is 5.12. The summed E-state index contributed by atoms with van der Waals surface area (Å²) >= 11 is 0. The number of aliphatic hydroxyl groups is 1. The fraction of sp³-hybridized carbons (Fsp3) is 0.462. The van der Waals surface area contributed by atoms with E-state index >= 15 is 0 Å². The molecule has 1 rings (SSSR count). The molecule has 0 amide bonds. The molecule has 0 spiro atoms. The van der Waals surface area contributed by atoms with Crippen molar-refractivity contribution in [3.63, 3.8) is 0 Å². The summed E-state index contributed by atoms with van der Waals surface area (Å²) in [7, 11) is 0. The molecule has 0 fully saturated rings. The normalized spacial score (nSPS) is 14.2. The van der Waals surface area contributed by atoms with Crippen molar-refractivity contribution in [2.75, 3.05) is 11.9 Å². The van der Waals surface area contributed by atoms with E-state index in [9.17, 15) is 9.90 Å². The van der Waals surface area contributed by atoms with Gasteiger partial charge in [-0.05, 0) is 44.5 Å². The Hall–Kier alpha value is -1.35. The summed E-state index contributed by atoms with van der Waals surface area (Å²) in [6, 6.07) is 7.27. The number of benzene rings is 1. The molecule has 0 saturated heterocycles. The highest BCUT2D eigenvalue weighted by Gasteiger charge is 2.16. The van der Waals surface area contributed by atoms with Gasteiger partial charge in [0.05, 0.1) is 5.60 Å². The zero-order chi connectivity index (χ0) is 12.2. The Morgan fingerprint density at radius 3 is 2.38 bits per heavy atom. The van der Waals surface area contributed by atoms with E-state index in [0.717, 1.165) is 5.69 Å². The molecule has 16 heavy (non-hydrogen) atoms. The fourth-order valence-corrected chi connectivity index (χ4v) is 1.24. The van der Waals surface area contributed by atoms with Crippen LogP contribution in [0.25, 0.3) is 0 Å². The summed E-state index contributed by atoms with van der Waals surface area (Å²) < 4.78 is 0. The van der Waals surface area contributed by atoms with Gasteiger partial charge >= 0.3 is 0 Å². The lowest BCUT2D eigenvalue weighted by molar-refractivity contribution is 0.0697. The van der Waals surface area contributed by atoms with Crippen molar-refractivity contribution in [1.29, 1.82) is 0 Å². The third-order valence-corrected chi connectivity index (χ3v) is 2.73. The molecule has 1 atom stereocenters. The number of hydrogen-bond acceptors (Lipinski definition) is 3. The molecule has 0 aliphatic heterocycles. The van der Waals surface area contributed by atoms with Crippen LogP contribution in [0.1, 0.15) is 37.6 Å². The lowest BCUT2D eigenvalue weighted by Crippen LogP contribution is -2.32. The predicted octanol–water partition coefficient (Wildman–Crippen LogP) is 2.46. The molecule has 0 heterocycles. The lowest BCUT2D eigenvalue weighted by Gasteiger charge is -2.22. The quantitative estimate of drug-likeness (QED) is 0.751. The van der Waals surface area contributed by atoms with Crippen LogP contribution in [0.5, 0.6) is 0 Å². The van der Waals surface area contributed by atoms with Crippen molar-refractivity contribution in [2.45, 2.75) is 32.8 Å². The van der Waals surface area contributed by atoms with Crippen LogP contribution in [0.15, 0.2) is 24.3 Å².